The Bertz CT molecular complexity index is 1440. The molecule has 3 aromatic rings. The lowest BCUT2D eigenvalue weighted by Crippen LogP contribution is -2.49. The Morgan fingerprint density at radius 1 is 1.21 bits per heavy atom. The average molecular weight is 460 g/mol. The summed E-state index contributed by atoms with van der Waals surface area (Å²) in [6.45, 7) is 0. The summed E-state index contributed by atoms with van der Waals surface area (Å²) in [7, 11) is 1.59. The molecule has 2 aromatic carbocycles. The van der Waals surface area contributed by atoms with Crippen LogP contribution in [0.1, 0.15) is 16.7 Å². The maximum atomic E-state index is 13.6. The number of H-pyrrole nitrogens is 1. The van der Waals surface area contributed by atoms with E-state index in [1.807, 2.05) is 6.07 Å². The van der Waals surface area contributed by atoms with Crippen molar-refractivity contribution in [3.05, 3.63) is 92.8 Å². The van der Waals surface area contributed by atoms with E-state index < -0.39 is 16.9 Å². The highest BCUT2D eigenvalue weighted by atomic mass is 32.2. The van der Waals surface area contributed by atoms with Gasteiger partial charge in [-0.1, -0.05) is 42.1 Å². The smallest absolute Gasteiger partial charge is 0.258 e. The quantitative estimate of drug-likeness (QED) is 0.405. The summed E-state index contributed by atoms with van der Waals surface area (Å²) in [5.74, 6) is -0.260. The van der Waals surface area contributed by atoms with Crippen molar-refractivity contribution in [2.45, 2.75) is 16.3 Å². The second-order valence-corrected chi connectivity index (χ2v) is 8.63. The van der Waals surface area contributed by atoms with Crippen LogP contribution in [0.4, 0.5) is 15.9 Å². The van der Waals surface area contributed by atoms with Gasteiger partial charge in [0.05, 0.1) is 11.1 Å². The molecule has 1 spiro atoms. The molecule has 8 nitrogen and oxygen atoms in total. The van der Waals surface area contributed by atoms with Crippen molar-refractivity contribution < 1.29 is 9.18 Å². The maximum absolute atomic E-state index is 13.6. The minimum Gasteiger partial charge on any atom is -0.384 e. The van der Waals surface area contributed by atoms with Gasteiger partial charge < -0.3 is 20.9 Å². The average Bonchev–Trinajstić information content (AvgIpc) is 3.01. The van der Waals surface area contributed by atoms with Crippen molar-refractivity contribution >= 4 is 29.2 Å². The minimum absolute atomic E-state index is 0.0289. The molecule has 10 heteroatoms. The highest BCUT2D eigenvalue weighted by Gasteiger charge is 2.59. The summed E-state index contributed by atoms with van der Waals surface area (Å²) in [4.78, 5) is 35.7. The lowest BCUT2D eigenvalue weighted by molar-refractivity contribution is -0.120. The second-order valence-electron chi connectivity index (χ2n) is 7.67. The van der Waals surface area contributed by atoms with Crippen LogP contribution in [0.2, 0.25) is 0 Å². The molecule has 164 valence electrons. The monoisotopic (exact) mass is 460 g/mol. The van der Waals surface area contributed by atoms with Crippen LogP contribution in [0, 0.1) is 17.1 Å². The predicted octanol–water partition coefficient (Wildman–Crippen LogP) is 2.58. The van der Waals surface area contributed by atoms with E-state index in [-0.39, 0.29) is 28.6 Å². The summed E-state index contributed by atoms with van der Waals surface area (Å²) >= 11 is 1.25. The molecule has 0 bridgehead atoms. The van der Waals surface area contributed by atoms with Crippen LogP contribution in [0.25, 0.3) is 0 Å². The van der Waals surface area contributed by atoms with Gasteiger partial charge in [-0.25, -0.2) is 9.37 Å². The number of aromatic nitrogens is 2. The molecule has 5 rings (SSSR count). The summed E-state index contributed by atoms with van der Waals surface area (Å²) in [5, 5.41) is 13.1. The Morgan fingerprint density at radius 2 is 1.94 bits per heavy atom. The van der Waals surface area contributed by atoms with Crippen molar-refractivity contribution in [1.82, 2.24) is 9.97 Å². The van der Waals surface area contributed by atoms with Crippen molar-refractivity contribution in [2.75, 3.05) is 17.3 Å². The number of anilines is 2. The first kappa shape index (κ1) is 20.8. The third kappa shape index (κ3) is 2.93. The van der Waals surface area contributed by atoms with E-state index in [0.717, 1.165) is 5.56 Å². The SMILES string of the molecule is CN1C(=O)[C@]2(C(C#N)=C(N)Nc3nc(SCc4ccc(F)cc4)[nH]c(=O)c32)c2ccccc21. The first-order valence-corrected chi connectivity index (χ1v) is 10.9. The van der Waals surface area contributed by atoms with Crippen LogP contribution in [0.5, 0.6) is 0 Å². The predicted molar refractivity (Wildman–Crippen MR) is 122 cm³/mol. The molecule has 1 aromatic heterocycles. The number of nitriles is 1. The molecule has 0 aliphatic carbocycles. The second kappa shape index (κ2) is 7.50. The van der Waals surface area contributed by atoms with E-state index in [0.29, 0.717) is 22.2 Å². The standard InChI is InChI=1S/C23H17FN6O2S/c1-30-16-5-3-2-4-14(16)23(21(30)32)15(10-25)18(26)27-19-17(23)20(31)29-22(28-19)33-11-12-6-8-13(24)9-7-12/h2-9H,11,26H2,1H3,(H2,27,28,29,31)/t23-/m0/s1. The van der Waals surface area contributed by atoms with E-state index in [4.69, 9.17) is 5.73 Å². The number of nitrogens with zero attached hydrogens (tertiary/aromatic N) is 3. The van der Waals surface area contributed by atoms with Gasteiger partial charge in [0.15, 0.2) is 5.16 Å². The molecule has 0 saturated heterocycles. The van der Waals surface area contributed by atoms with Gasteiger partial charge in [-0.05, 0) is 23.8 Å². The highest BCUT2D eigenvalue weighted by Crippen LogP contribution is 2.52. The van der Waals surface area contributed by atoms with Gasteiger partial charge in [0, 0.05) is 24.1 Å². The Morgan fingerprint density at radius 3 is 2.67 bits per heavy atom. The normalized spacial score (nSPS) is 18.7. The van der Waals surface area contributed by atoms with Gasteiger partial charge in [0.25, 0.3) is 5.56 Å². The van der Waals surface area contributed by atoms with Gasteiger partial charge >= 0.3 is 0 Å². The Balaban J connectivity index is 1.66. The number of carbonyl (C=O) groups excluding carboxylic acids is 1. The zero-order valence-electron chi connectivity index (χ0n) is 17.3. The topological polar surface area (TPSA) is 128 Å². The lowest BCUT2D eigenvalue weighted by Gasteiger charge is -2.33. The van der Waals surface area contributed by atoms with E-state index in [2.05, 4.69) is 15.3 Å². The molecule has 2 aliphatic rings. The van der Waals surface area contributed by atoms with Gasteiger partial charge in [-0.2, -0.15) is 5.26 Å². The first-order valence-electron chi connectivity index (χ1n) is 9.95. The molecule has 4 N–H and O–H groups in total. The van der Waals surface area contributed by atoms with Crippen LogP contribution in [-0.2, 0) is 16.0 Å². The molecule has 3 heterocycles. The Labute approximate surface area is 191 Å². The molecule has 33 heavy (non-hydrogen) atoms. The first-order chi connectivity index (χ1) is 15.9. The van der Waals surface area contributed by atoms with E-state index in [1.165, 1.54) is 28.8 Å². The number of amides is 1. The van der Waals surface area contributed by atoms with Crippen LogP contribution < -0.4 is 21.5 Å². The van der Waals surface area contributed by atoms with E-state index in [9.17, 15) is 19.2 Å². The number of hydrogen-bond acceptors (Lipinski definition) is 7. The molecule has 0 radical (unpaired) electrons. The highest BCUT2D eigenvalue weighted by molar-refractivity contribution is 7.98. The number of hydrogen-bond donors (Lipinski definition) is 3. The van der Waals surface area contributed by atoms with Gasteiger partial charge in [-0.3, -0.25) is 9.59 Å². The fourth-order valence-electron chi connectivity index (χ4n) is 4.40. The Kier molecular flexibility index (Phi) is 4.72. The molecule has 0 saturated carbocycles. The van der Waals surface area contributed by atoms with Gasteiger partial charge in [-0.15, -0.1) is 0 Å². The fourth-order valence-corrected chi connectivity index (χ4v) is 5.21. The van der Waals surface area contributed by atoms with Crippen LogP contribution in [0.15, 0.2) is 69.9 Å². The number of carbonyl (C=O) groups is 1. The minimum atomic E-state index is -1.69. The third-order valence-electron chi connectivity index (χ3n) is 5.87. The number of fused-ring (bicyclic) bond motifs is 4. The zero-order chi connectivity index (χ0) is 23.3. The van der Waals surface area contributed by atoms with Crippen molar-refractivity contribution in [3.63, 3.8) is 0 Å². The number of halogens is 1. The van der Waals surface area contributed by atoms with Crippen LogP contribution in [-0.4, -0.2) is 22.9 Å². The fraction of sp³-hybridized carbons (Fsp3) is 0.130. The van der Waals surface area contributed by atoms with Crippen molar-refractivity contribution in [1.29, 1.82) is 5.26 Å². The molecular formula is C23H17FN6O2S. The molecular weight excluding hydrogens is 443 g/mol. The Hall–Kier alpha value is -4.10. The number of aromatic amines is 1. The van der Waals surface area contributed by atoms with Crippen molar-refractivity contribution in [2.24, 2.45) is 5.73 Å². The van der Waals surface area contributed by atoms with Crippen molar-refractivity contribution in [3.8, 4) is 6.07 Å². The number of benzene rings is 2. The number of likely N-dealkylation sites (N-methyl/N-ethyl adjacent to an activating group) is 1. The maximum Gasteiger partial charge on any atom is 0.258 e. The molecule has 0 unspecified atom stereocenters. The number of thioether (sulfide) groups is 1. The van der Waals surface area contributed by atoms with Crippen LogP contribution in [0.3, 0.4) is 0 Å². The third-order valence-corrected chi connectivity index (χ3v) is 6.81. The zero-order valence-corrected chi connectivity index (χ0v) is 18.2. The number of nitrogens with two attached hydrogens (primary N) is 1. The van der Waals surface area contributed by atoms with E-state index >= 15 is 0 Å². The summed E-state index contributed by atoms with van der Waals surface area (Å²) < 4.78 is 13.2. The van der Waals surface area contributed by atoms with Gasteiger partial charge in [0.1, 0.15) is 28.9 Å². The largest absolute Gasteiger partial charge is 0.384 e. The summed E-state index contributed by atoms with van der Waals surface area (Å²) in [6.07, 6.45) is 0. The molecule has 2 aliphatic heterocycles. The number of para-hydroxylation sites is 1. The lowest BCUT2D eigenvalue weighted by atomic mass is 9.69. The number of rotatable bonds is 3. The summed E-state index contributed by atoms with van der Waals surface area (Å²) in [6, 6.07) is 15.0. The van der Waals surface area contributed by atoms with Crippen LogP contribution >= 0.6 is 11.8 Å². The van der Waals surface area contributed by atoms with E-state index in [1.54, 1.807) is 43.4 Å². The molecule has 1 atom stereocenters. The number of nitrogens with one attached hydrogen (secondary N) is 2. The van der Waals surface area contributed by atoms with Gasteiger partial charge in [0.2, 0.25) is 5.91 Å². The molecule has 1 amide bonds. The molecule has 0 fully saturated rings. The summed E-state index contributed by atoms with van der Waals surface area (Å²) in [5.41, 5.74) is 5.86.